The van der Waals surface area contributed by atoms with Gasteiger partial charge in [0.1, 0.15) is 11.5 Å². The molecule has 2 aromatic carbocycles. The zero-order valence-corrected chi connectivity index (χ0v) is 16.8. The third-order valence-electron chi connectivity index (χ3n) is 4.19. The molecular formula is C21H20ClN3O3. The number of methoxy groups -OCH3 is 1. The number of ether oxygens (including phenoxy) is 2. The van der Waals surface area contributed by atoms with E-state index < -0.39 is 0 Å². The third-order valence-corrected chi connectivity index (χ3v) is 4.48. The van der Waals surface area contributed by atoms with Crippen LogP contribution in [0, 0.1) is 13.8 Å². The number of rotatable bonds is 5. The van der Waals surface area contributed by atoms with Crippen molar-refractivity contribution in [2.24, 2.45) is 0 Å². The minimum atomic E-state index is -0.360. The van der Waals surface area contributed by atoms with Gasteiger partial charge in [0.2, 0.25) is 5.95 Å². The Labute approximate surface area is 168 Å². The molecule has 0 fully saturated rings. The summed E-state index contributed by atoms with van der Waals surface area (Å²) in [5.41, 5.74) is 4.27. The summed E-state index contributed by atoms with van der Waals surface area (Å²) in [6, 6.07) is 12.5. The van der Waals surface area contributed by atoms with E-state index in [-0.39, 0.29) is 5.97 Å². The summed E-state index contributed by atoms with van der Waals surface area (Å²) in [5, 5.41) is 3.70. The van der Waals surface area contributed by atoms with E-state index in [0.717, 1.165) is 28.2 Å². The van der Waals surface area contributed by atoms with Gasteiger partial charge in [-0.2, -0.15) is 0 Å². The van der Waals surface area contributed by atoms with Crippen LogP contribution in [-0.2, 0) is 4.79 Å². The van der Waals surface area contributed by atoms with Crippen LogP contribution in [0.25, 0.3) is 11.3 Å². The summed E-state index contributed by atoms with van der Waals surface area (Å²) in [6.45, 7) is 5.27. The fourth-order valence-corrected chi connectivity index (χ4v) is 2.94. The first kappa shape index (κ1) is 19.6. The summed E-state index contributed by atoms with van der Waals surface area (Å²) >= 11 is 6.27. The van der Waals surface area contributed by atoms with Crippen LogP contribution in [0.15, 0.2) is 42.5 Å². The van der Waals surface area contributed by atoms with E-state index in [1.54, 1.807) is 31.4 Å². The van der Waals surface area contributed by atoms with Gasteiger partial charge in [0.25, 0.3) is 0 Å². The van der Waals surface area contributed by atoms with E-state index in [2.05, 4.69) is 15.3 Å². The van der Waals surface area contributed by atoms with Crippen molar-refractivity contribution in [2.75, 3.05) is 12.4 Å². The maximum atomic E-state index is 11.0. The number of hydrogen-bond acceptors (Lipinski definition) is 6. The maximum absolute atomic E-state index is 11.0. The monoisotopic (exact) mass is 397 g/mol. The molecule has 0 aliphatic carbocycles. The number of anilines is 2. The summed E-state index contributed by atoms with van der Waals surface area (Å²) in [6.07, 6.45) is 0. The largest absolute Gasteiger partial charge is 0.495 e. The first-order valence-corrected chi connectivity index (χ1v) is 9.00. The molecule has 0 radical (unpaired) electrons. The lowest BCUT2D eigenvalue weighted by molar-refractivity contribution is -0.131. The standard InChI is InChI=1S/C21H20ClN3O3/c1-12-13(2)23-21(24-16-6-8-17(9-7-16)28-14(3)26)25-20(12)15-5-10-19(27-4)18(22)11-15/h5-11H,1-4H3,(H,23,24,25). The molecule has 0 saturated carbocycles. The molecule has 1 heterocycles. The Bertz CT molecular complexity index is 1020. The molecule has 144 valence electrons. The smallest absolute Gasteiger partial charge is 0.308 e. The number of nitrogens with zero attached hydrogens (tertiary/aromatic N) is 2. The van der Waals surface area contributed by atoms with Gasteiger partial charge in [-0.05, 0) is 61.9 Å². The van der Waals surface area contributed by atoms with Crippen LogP contribution in [-0.4, -0.2) is 23.0 Å². The molecule has 28 heavy (non-hydrogen) atoms. The highest BCUT2D eigenvalue weighted by Crippen LogP contribution is 2.32. The topological polar surface area (TPSA) is 73.3 Å². The summed E-state index contributed by atoms with van der Waals surface area (Å²) in [7, 11) is 1.58. The van der Waals surface area contributed by atoms with Gasteiger partial charge in [-0.15, -0.1) is 0 Å². The van der Waals surface area contributed by atoms with E-state index in [9.17, 15) is 4.79 Å². The lowest BCUT2D eigenvalue weighted by Gasteiger charge is -2.13. The fourth-order valence-electron chi connectivity index (χ4n) is 2.68. The molecule has 0 aliphatic heterocycles. The lowest BCUT2D eigenvalue weighted by atomic mass is 10.1. The van der Waals surface area contributed by atoms with Crippen LogP contribution in [0.3, 0.4) is 0 Å². The van der Waals surface area contributed by atoms with Gasteiger partial charge < -0.3 is 14.8 Å². The molecule has 3 aromatic rings. The Kier molecular flexibility index (Phi) is 5.80. The number of aromatic nitrogens is 2. The summed E-state index contributed by atoms with van der Waals surface area (Å²) in [5.74, 6) is 1.19. The molecule has 0 amide bonds. The van der Waals surface area contributed by atoms with Crippen LogP contribution in [0.5, 0.6) is 11.5 Å². The van der Waals surface area contributed by atoms with Crippen molar-refractivity contribution in [3.8, 4) is 22.8 Å². The number of carbonyl (C=O) groups excluding carboxylic acids is 1. The van der Waals surface area contributed by atoms with E-state index in [1.165, 1.54) is 6.92 Å². The maximum Gasteiger partial charge on any atom is 0.308 e. The van der Waals surface area contributed by atoms with Gasteiger partial charge in [-0.25, -0.2) is 9.97 Å². The number of esters is 1. The molecule has 1 aromatic heterocycles. The highest BCUT2D eigenvalue weighted by molar-refractivity contribution is 6.32. The van der Waals surface area contributed by atoms with Gasteiger partial charge in [-0.1, -0.05) is 11.6 Å². The molecule has 0 atom stereocenters. The van der Waals surface area contributed by atoms with Gasteiger partial charge in [0, 0.05) is 23.9 Å². The zero-order chi connectivity index (χ0) is 20.3. The van der Waals surface area contributed by atoms with Crippen LogP contribution in [0.2, 0.25) is 5.02 Å². The molecule has 0 unspecified atom stereocenters. The first-order valence-electron chi connectivity index (χ1n) is 8.62. The van der Waals surface area contributed by atoms with Gasteiger partial charge in [0.05, 0.1) is 17.8 Å². The minimum Gasteiger partial charge on any atom is -0.495 e. The molecule has 6 nitrogen and oxygen atoms in total. The quantitative estimate of drug-likeness (QED) is 0.477. The number of hydrogen-bond donors (Lipinski definition) is 1. The first-order chi connectivity index (χ1) is 13.4. The normalized spacial score (nSPS) is 10.5. The van der Waals surface area contributed by atoms with Gasteiger partial charge >= 0.3 is 5.97 Å². The fraction of sp³-hybridized carbons (Fsp3) is 0.190. The van der Waals surface area contributed by atoms with Crippen LogP contribution < -0.4 is 14.8 Å². The molecule has 1 N–H and O–H groups in total. The van der Waals surface area contributed by atoms with Crippen LogP contribution in [0.4, 0.5) is 11.6 Å². The molecule has 0 bridgehead atoms. The second kappa shape index (κ2) is 8.27. The Morgan fingerprint density at radius 2 is 1.79 bits per heavy atom. The molecule has 0 saturated heterocycles. The van der Waals surface area contributed by atoms with Gasteiger partial charge in [0.15, 0.2) is 0 Å². The summed E-state index contributed by atoms with van der Waals surface area (Å²) < 4.78 is 10.3. The van der Waals surface area contributed by atoms with Crippen molar-refractivity contribution in [3.05, 3.63) is 58.7 Å². The van der Waals surface area contributed by atoms with E-state index in [0.29, 0.717) is 22.5 Å². The minimum absolute atomic E-state index is 0.360. The van der Waals surface area contributed by atoms with Crippen molar-refractivity contribution < 1.29 is 14.3 Å². The predicted octanol–water partition coefficient (Wildman–Crippen LogP) is 5.09. The van der Waals surface area contributed by atoms with Crippen molar-refractivity contribution in [1.29, 1.82) is 0 Å². The SMILES string of the molecule is COc1ccc(-c2nc(Nc3ccc(OC(C)=O)cc3)nc(C)c2C)cc1Cl. The number of carbonyl (C=O) groups is 1. The second-order valence-electron chi connectivity index (χ2n) is 6.20. The van der Waals surface area contributed by atoms with Crippen molar-refractivity contribution >= 4 is 29.2 Å². The average molecular weight is 398 g/mol. The third kappa shape index (κ3) is 4.40. The Morgan fingerprint density at radius 1 is 1.07 bits per heavy atom. The molecule has 7 heteroatoms. The van der Waals surface area contributed by atoms with Crippen molar-refractivity contribution in [1.82, 2.24) is 9.97 Å². The molecular weight excluding hydrogens is 378 g/mol. The number of nitrogens with one attached hydrogen (secondary N) is 1. The van der Waals surface area contributed by atoms with Crippen LogP contribution >= 0.6 is 11.6 Å². The van der Waals surface area contributed by atoms with Crippen LogP contribution in [0.1, 0.15) is 18.2 Å². The Balaban J connectivity index is 1.91. The highest BCUT2D eigenvalue weighted by atomic mass is 35.5. The summed E-state index contributed by atoms with van der Waals surface area (Å²) in [4.78, 5) is 20.2. The Hall–Kier alpha value is -3.12. The molecule has 0 aliphatic rings. The van der Waals surface area contributed by atoms with E-state index in [1.807, 2.05) is 32.0 Å². The zero-order valence-electron chi connectivity index (χ0n) is 16.0. The van der Waals surface area contributed by atoms with Gasteiger partial charge in [-0.3, -0.25) is 4.79 Å². The van der Waals surface area contributed by atoms with Crippen molar-refractivity contribution in [3.63, 3.8) is 0 Å². The Morgan fingerprint density at radius 3 is 2.39 bits per heavy atom. The highest BCUT2D eigenvalue weighted by Gasteiger charge is 2.12. The lowest BCUT2D eigenvalue weighted by Crippen LogP contribution is -2.04. The molecule has 3 rings (SSSR count). The number of benzene rings is 2. The molecule has 0 spiro atoms. The van der Waals surface area contributed by atoms with E-state index in [4.69, 9.17) is 21.1 Å². The number of aryl methyl sites for hydroxylation is 1. The van der Waals surface area contributed by atoms with E-state index >= 15 is 0 Å². The second-order valence-corrected chi connectivity index (χ2v) is 6.61. The average Bonchev–Trinajstić information content (AvgIpc) is 2.65. The predicted molar refractivity (Wildman–Crippen MR) is 110 cm³/mol. The number of halogens is 1. The van der Waals surface area contributed by atoms with Crippen molar-refractivity contribution in [2.45, 2.75) is 20.8 Å².